The molecule has 0 saturated carbocycles. The first-order chi connectivity index (χ1) is 12.5. The summed E-state index contributed by atoms with van der Waals surface area (Å²) in [5.74, 6) is -0.0340. The molecule has 0 radical (unpaired) electrons. The van der Waals surface area contributed by atoms with Crippen LogP contribution in [0.2, 0.25) is 0 Å². The van der Waals surface area contributed by atoms with Crippen LogP contribution < -0.4 is 5.32 Å². The van der Waals surface area contributed by atoms with Gasteiger partial charge in [0.25, 0.3) is 0 Å². The highest BCUT2D eigenvalue weighted by atomic mass is 32.1. The minimum atomic E-state index is -0.268. The molecule has 0 bridgehead atoms. The summed E-state index contributed by atoms with van der Waals surface area (Å²) in [6, 6.07) is 13.9. The minimum Gasteiger partial charge on any atom is -0.348 e. The quantitative estimate of drug-likeness (QED) is 0.879. The number of hydrogen-bond donors (Lipinski definition) is 1. The van der Waals surface area contributed by atoms with E-state index < -0.39 is 0 Å². The van der Waals surface area contributed by atoms with Crippen LogP contribution in [0.5, 0.6) is 0 Å². The maximum absolute atomic E-state index is 13.1. The summed E-state index contributed by atoms with van der Waals surface area (Å²) in [7, 11) is 2.09. The van der Waals surface area contributed by atoms with Crippen LogP contribution in [-0.2, 0) is 9.59 Å². The van der Waals surface area contributed by atoms with Gasteiger partial charge >= 0.3 is 0 Å². The standard InChI is InChI=1S/C20H25N3O2S/c1-15(24)21-17(19-9-6-12-26-19)13-20(25)23-11-10-22(2)14-18(23)16-7-4-3-5-8-16/h3-9,12,17-18H,10-11,13-14H2,1-2H3,(H,21,24)/t17-,18-/m1/s1. The van der Waals surface area contributed by atoms with Gasteiger partial charge in [0.05, 0.1) is 18.5 Å². The Morgan fingerprint density at radius 3 is 2.62 bits per heavy atom. The van der Waals surface area contributed by atoms with E-state index in [-0.39, 0.29) is 30.3 Å². The SMILES string of the molecule is CC(=O)N[C@H](CC(=O)N1CCN(C)C[C@@H]1c1ccccc1)c1cccs1. The number of thiophene rings is 1. The molecule has 2 aromatic rings. The second kappa shape index (κ2) is 8.47. The summed E-state index contributed by atoms with van der Waals surface area (Å²) >= 11 is 1.57. The highest BCUT2D eigenvalue weighted by Gasteiger charge is 2.31. The minimum absolute atomic E-state index is 0.0452. The number of hydrogen-bond acceptors (Lipinski definition) is 4. The van der Waals surface area contributed by atoms with Crippen molar-refractivity contribution in [3.05, 3.63) is 58.3 Å². The molecule has 1 aliphatic heterocycles. The smallest absolute Gasteiger partial charge is 0.225 e. The van der Waals surface area contributed by atoms with Crippen molar-refractivity contribution in [3.8, 4) is 0 Å². The van der Waals surface area contributed by atoms with Gasteiger partial charge in [0.15, 0.2) is 0 Å². The summed E-state index contributed by atoms with van der Waals surface area (Å²) < 4.78 is 0. The zero-order valence-electron chi connectivity index (χ0n) is 15.2. The van der Waals surface area contributed by atoms with Gasteiger partial charge in [0, 0.05) is 31.4 Å². The number of nitrogens with zero attached hydrogens (tertiary/aromatic N) is 2. The molecule has 2 atom stereocenters. The highest BCUT2D eigenvalue weighted by Crippen LogP contribution is 2.28. The Hall–Kier alpha value is -2.18. The van der Waals surface area contributed by atoms with Crippen LogP contribution >= 0.6 is 11.3 Å². The predicted molar refractivity (Wildman–Crippen MR) is 104 cm³/mol. The first-order valence-corrected chi connectivity index (χ1v) is 9.76. The molecule has 1 saturated heterocycles. The second-order valence-corrected chi connectivity index (χ2v) is 7.73. The molecule has 6 heteroatoms. The fourth-order valence-electron chi connectivity index (χ4n) is 3.43. The highest BCUT2D eigenvalue weighted by molar-refractivity contribution is 7.10. The molecule has 1 aromatic carbocycles. The van der Waals surface area contributed by atoms with Crippen molar-refractivity contribution >= 4 is 23.2 Å². The van der Waals surface area contributed by atoms with Crippen molar-refractivity contribution in [3.63, 3.8) is 0 Å². The van der Waals surface area contributed by atoms with Gasteiger partial charge in [-0.15, -0.1) is 11.3 Å². The number of nitrogens with one attached hydrogen (secondary N) is 1. The number of likely N-dealkylation sites (N-methyl/N-ethyl adjacent to an activating group) is 1. The van der Waals surface area contributed by atoms with Gasteiger partial charge in [-0.25, -0.2) is 0 Å². The summed E-state index contributed by atoms with van der Waals surface area (Å²) in [5, 5.41) is 4.90. The number of rotatable bonds is 5. The lowest BCUT2D eigenvalue weighted by Crippen LogP contribution is -2.50. The van der Waals surface area contributed by atoms with Crippen LogP contribution in [0.3, 0.4) is 0 Å². The molecule has 1 fully saturated rings. The van der Waals surface area contributed by atoms with Gasteiger partial charge < -0.3 is 15.1 Å². The number of carbonyl (C=O) groups excluding carboxylic acids is 2. The lowest BCUT2D eigenvalue weighted by molar-refractivity contribution is -0.136. The van der Waals surface area contributed by atoms with Crippen LogP contribution in [-0.4, -0.2) is 48.3 Å². The van der Waals surface area contributed by atoms with Gasteiger partial charge in [-0.05, 0) is 24.1 Å². The molecule has 5 nitrogen and oxygen atoms in total. The monoisotopic (exact) mass is 371 g/mol. The molecule has 1 N–H and O–H groups in total. The number of piperazine rings is 1. The second-order valence-electron chi connectivity index (χ2n) is 6.75. The third-order valence-electron chi connectivity index (χ3n) is 4.73. The summed E-state index contributed by atoms with van der Waals surface area (Å²) in [5.41, 5.74) is 1.15. The van der Waals surface area contributed by atoms with Gasteiger partial charge in [-0.3, -0.25) is 9.59 Å². The number of benzene rings is 1. The van der Waals surface area contributed by atoms with E-state index in [4.69, 9.17) is 0 Å². The van der Waals surface area contributed by atoms with E-state index in [9.17, 15) is 9.59 Å². The number of carbonyl (C=O) groups is 2. The van der Waals surface area contributed by atoms with Crippen LogP contribution in [0.15, 0.2) is 47.8 Å². The molecule has 1 aliphatic rings. The van der Waals surface area contributed by atoms with E-state index >= 15 is 0 Å². The van der Waals surface area contributed by atoms with Gasteiger partial charge in [0.2, 0.25) is 11.8 Å². The average Bonchev–Trinajstić information content (AvgIpc) is 3.16. The van der Waals surface area contributed by atoms with E-state index in [2.05, 4.69) is 29.4 Å². The first kappa shape index (κ1) is 18.6. The topological polar surface area (TPSA) is 52.7 Å². The van der Waals surface area contributed by atoms with Crippen LogP contribution in [0.1, 0.15) is 35.9 Å². The Kier molecular flexibility index (Phi) is 6.06. The van der Waals surface area contributed by atoms with Gasteiger partial charge in [-0.2, -0.15) is 0 Å². The fraction of sp³-hybridized carbons (Fsp3) is 0.400. The Bertz CT molecular complexity index is 733. The molecule has 2 amide bonds. The maximum Gasteiger partial charge on any atom is 0.225 e. The van der Waals surface area contributed by atoms with E-state index in [0.29, 0.717) is 6.54 Å². The van der Waals surface area contributed by atoms with Crippen molar-refractivity contribution in [1.82, 2.24) is 15.1 Å². The third kappa shape index (κ3) is 4.51. The van der Waals surface area contributed by atoms with Crippen molar-refractivity contribution in [1.29, 1.82) is 0 Å². The molecule has 0 spiro atoms. The molecular formula is C20H25N3O2S. The van der Waals surface area contributed by atoms with Crippen molar-refractivity contribution in [2.24, 2.45) is 0 Å². The normalized spacial score (nSPS) is 19.2. The van der Waals surface area contributed by atoms with E-state index in [1.807, 2.05) is 40.6 Å². The van der Waals surface area contributed by atoms with Crippen molar-refractivity contribution in [2.45, 2.75) is 25.4 Å². The molecule has 0 aliphatic carbocycles. The van der Waals surface area contributed by atoms with Crippen molar-refractivity contribution < 1.29 is 9.59 Å². The Morgan fingerprint density at radius 2 is 1.96 bits per heavy atom. The van der Waals surface area contributed by atoms with Crippen molar-refractivity contribution in [2.75, 3.05) is 26.7 Å². The fourth-order valence-corrected chi connectivity index (χ4v) is 4.21. The van der Waals surface area contributed by atoms with Crippen LogP contribution in [0.25, 0.3) is 0 Å². The van der Waals surface area contributed by atoms with E-state index in [0.717, 1.165) is 23.5 Å². The molecule has 2 heterocycles. The molecule has 138 valence electrons. The summed E-state index contributed by atoms with van der Waals surface area (Å²) in [6.07, 6.45) is 0.285. The molecule has 1 aromatic heterocycles. The van der Waals surface area contributed by atoms with E-state index in [1.54, 1.807) is 11.3 Å². The zero-order valence-corrected chi connectivity index (χ0v) is 16.0. The maximum atomic E-state index is 13.1. The Labute approximate surface area is 158 Å². The largest absolute Gasteiger partial charge is 0.348 e. The van der Waals surface area contributed by atoms with Gasteiger partial charge in [-0.1, -0.05) is 36.4 Å². The zero-order chi connectivity index (χ0) is 18.5. The Morgan fingerprint density at radius 1 is 1.19 bits per heavy atom. The summed E-state index contributed by atoms with van der Waals surface area (Å²) in [4.78, 5) is 30.0. The third-order valence-corrected chi connectivity index (χ3v) is 5.72. The molecule has 26 heavy (non-hydrogen) atoms. The molecule has 0 unspecified atom stereocenters. The van der Waals surface area contributed by atoms with Crippen LogP contribution in [0.4, 0.5) is 0 Å². The molecule has 3 rings (SSSR count). The van der Waals surface area contributed by atoms with E-state index in [1.165, 1.54) is 6.92 Å². The van der Waals surface area contributed by atoms with Gasteiger partial charge in [0.1, 0.15) is 0 Å². The average molecular weight is 372 g/mol. The number of amides is 2. The molecular weight excluding hydrogens is 346 g/mol. The predicted octanol–water partition coefficient (Wildman–Crippen LogP) is 2.83. The van der Waals surface area contributed by atoms with Crippen LogP contribution in [0, 0.1) is 0 Å². The Balaban J connectivity index is 1.78. The lowest BCUT2D eigenvalue weighted by Gasteiger charge is -2.41. The lowest BCUT2D eigenvalue weighted by atomic mass is 10.0. The first-order valence-electron chi connectivity index (χ1n) is 8.88. The summed E-state index contributed by atoms with van der Waals surface area (Å²) in [6.45, 7) is 3.87.